The number of thioether (sulfide) groups is 1. The standard InChI is InChI=1S/C84H121N17O29S/c1-8-44(4)69(81(127)94-56(35-50-22-26-52(107)27-23-50)75(121)90-54(32-43(2)3)74(120)92-58(36-67(114)115)73(119)88-45(5)16-12-14-30-85)99-80(126)61(41-103)96-76(122)55(34-49-20-24-51(106)25-21-49)91-77(123)59(37-68(116)117)93-79(125)60(40-102)97-83(129)71(47(7)105)100-78(124)57(33-48-17-10-9-11-18-48)95-82(128)70(46(6)104)98-64(110)39-87-72(118)53(28-29-66(112)113)89-63(109)38-86-62(108)19-13-15-31-101-65(111)42-131-84(101)130/h9-11,17-18,20-27,43-47,53-61,69-71,102-107H,8,12-16,19,28-42,85H2,1-7H3,(H,86,108)(H,87,118)(H,88,119)(H,89,109)(H,90,121)(H,91,123)(H,92,120)(H,93,125)(H,94,127)(H,95,128)(H,96,122)(H,97,129)(H,98,110)(H,99,126)(H,100,124)(H,112,113)(H,114,115)(H,116,117)/t44-,45+,46+,47+,53-,54-,55-,56-,57-,58-,59-,60-,61-,69-,70-,71-/m0/s1. The third kappa shape index (κ3) is 39.9. The van der Waals surface area contributed by atoms with Crippen molar-refractivity contribution in [1.82, 2.24) is 84.7 Å². The Bertz CT molecular complexity index is 4420. The van der Waals surface area contributed by atoms with Crippen molar-refractivity contribution in [3.05, 3.63) is 95.6 Å². The Morgan fingerprint density at radius 3 is 1.27 bits per heavy atom. The molecule has 0 bridgehead atoms. The van der Waals surface area contributed by atoms with E-state index in [0.717, 1.165) is 30.5 Å². The quantitative estimate of drug-likeness (QED) is 0.0234. The number of amides is 17. The van der Waals surface area contributed by atoms with Crippen LogP contribution in [0.1, 0.15) is 142 Å². The van der Waals surface area contributed by atoms with Gasteiger partial charge in [0.25, 0.3) is 5.24 Å². The number of aliphatic hydroxyl groups is 4. The second-order valence-electron chi connectivity index (χ2n) is 31.8. The minimum absolute atomic E-state index is 0.0113. The predicted octanol–water partition coefficient (Wildman–Crippen LogP) is -5.67. The third-order valence-corrected chi connectivity index (χ3v) is 21.2. The molecule has 3 aromatic carbocycles. The van der Waals surface area contributed by atoms with Crippen LogP contribution in [0.25, 0.3) is 0 Å². The van der Waals surface area contributed by atoms with E-state index in [-0.39, 0.29) is 79.7 Å². The van der Waals surface area contributed by atoms with Gasteiger partial charge in [-0.05, 0) is 119 Å². The molecular weight excluding hydrogens is 1740 g/mol. The summed E-state index contributed by atoms with van der Waals surface area (Å²) in [4.78, 5) is 270. The van der Waals surface area contributed by atoms with Gasteiger partial charge in [-0.2, -0.15) is 0 Å². The first kappa shape index (κ1) is 110. The van der Waals surface area contributed by atoms with E-state index >= 15 is 0 Å². The van der Waals surface area contributed by atoms with Gasteiger partial charge in [-0.25, -0.2) is 0 Å². The summed E-state index contributed by atoms with van der Waals surface area (Å²) in [6.45, 7) is 6.52. The topological polar surface area (TPSA) is 733 Å². The summed E-state index contributed by atoms with van der Waals surface area (Å²) in [5.74, 6) is -23.6. The molecule has 1 heterocycles. The first-order chi connectivity index (χ1) is 61.9. The van der Waals surface area contributed by atoms with Crippen LogP contribution < -0.4 is 85.5 Å². The molecule has 0 spiro atoms. The molecule has 1 aliphatic rings. The highest BCUT2D eigenvalue weighted by Gasteiger charge is 2.41. The molecule has 0 saturated carbocycles. The number of carboxylic acid groups (broad SMARTS) is 3. The molecule has 0 radical (unpaired) electrons. The minimum atomic E-state index is -2.23. The fraction of sp³-hybridized carbons (Fsp3) is 0.548. The highest BCUT2D eigenvalue weighted by molar-refractivity contribution is 8.14. The Hall–Kier alpha value is -13.0. The van der Waals surface area contributed by atoms with Gasteiger partial charge in [-0.15, -0.1) is 0 Å². The number of aliphatic carboxylic acids is 3. The molecule has 46 nitrogen and oxygen atoms in total. The molecule has 17 amide bonds. The number of hydrogen-bond donors (Lipinski definition) is 25. The van der Waals surface area contributed by atoms with Crippen molar-refractivity contribution >= 4 is 129 Å². The molecule has 1 fully saturated rings. The van der Waals surface area contributed by atoms with Crippen LogP contribution in [0.5, 0.6) is 11.5 Å². The summed E-state index contributed by atoms with van der Waals surface area (Å²) < 4.78 is 0. The van der Waals surface area contributed by atoms with Crippen LogP contribution in [0.15, 0.2) is 78.9 Å². The molecule has 3 aromatic rings. The van der Waals surface area contributed by atoms with E-state index < -0.39 is 273 Å². The van der Waals surface area contributed by atoms with Crippen molar-refractivity contribution in [3.63, 3.8) is 0 Å². The lowest BCUT2D eigenvalue weighted by atomic mass is 9.96. The smallest absolute Gasteiger partial charge is 0.305 e. The summed E-state index contributed by atoms with van der Waals surface area (Å²) in [5.41, 5.74) is 6.47. The number of hydrogen-bond acceptors (Lipinski definition) is 28. The van der Waals surface area contributed by atoms with Gasteiger partial charge in [0.1, 0.15) is 84.0 Å². The number of imide groups is 1. The summed E-state index contributed by atoms with van der Waals surface area (Å²) in [7, 11) is 0. The zero-order chi connectivity index (χ0) is 97.9. The van der Waals surface area contributed by atoms with Gasteiger partial charge < -0.3 is 131 Å². The number of carboxylic acids is 3. The lowest BCUT2D eigenvalue weighted by molar-refractivity contribution is -0.142. The van der Waals surface area contributed by atoms with E-state index in [9.17, 15) is 142 Å². The van der Waals surface area contributed by atoms with Crippen molar-refractivity contribution in [2.24, 2.45) is 17.6 Å². The number of aliphatic hydroxyl groups excluding tert-OH is 4. The van der Waals surface area contributed by atoms with Crippen molar-refractivity contribution in [2.75, 3.05) is 45.1 Å². The van der Waals surface area contributed by atoms with E-state index in [0.29, 0.717) is 36.9 Å². The summed E-state index contributed by atoms with van der Waals surface area (Å²) in [5, 5.41) is 127. The van der Waals surface area contributed by atoms with Gasteiger partial charge >= 0.3 is 17.9 Å². The molecule has 722 valence electrons. The Balaban J connectivity index is 1.53. The second kappa shape index (κ2) is 56.5. The zero-order valence-corrected chi connectivity index (χ0v) is 74.3. The SMILES string of the molecule is CC[C@H](C)[C@H](NC(=O)[C@H](CO)NC(=O)[C@H](Cc1ccc(O)cc1)NC(=O)[C@H](CC(=O)O)NC(=O)[C@H](CO)NC(=O)[C@@H](NC(=O)[C@H](Cc1ccccc1)NC(=O)[C@@H](NC(=O)CNC(=O)[C@H](CCC(=O)O)NC(=O)CNC(=O)CCCCN1C(=O)CSC1=O)[C@@H](C)O)[C@@H](C)O)C(=O)N[C@@H](Cc1ccc(O)cc1)C(=O)N[C@@H](CC(C)C)C(=O)N[C@@H](CC(=O)O)C(=O)N[C@H](C)CCCCN. The lowest BCUT2D eigenvalue weighted by Crippen LogP contribution is -2.63. The fourth-order valence-electron chi connectivity index (χ4n) is 13.0. The van der Waals surface area contributed by atoms with Crippen molar-refractivity contribution < 1.29 is 142 Å². The first-order valence-corrected chi connectivity index (χ1v) is 43.3. The van der Waals surface area contributed by atoms with E-state index in [2.05, 4.69) is 79.8 Å². The number of nitrogens with zero attached hydrogens (tertiary/aromatic N) is 1. The van der Waals surface area contributed by atoms with Gasteiger partial charge in [-0.1, -0.05) is 107 Å². The van der Waals surface area contributed by atoms with Crippen molar-refractivity contribution in [1.29, 1.82) is 0 Å². The van der Waals surface area contributed by atoms with Crippen LogP contribution in [-0.4, -0.2) is 304 Å². The highest BCUT2D eigenvalue weighted by Crippen LogP contribution is 2.21. The van der Waals surface area contributed by atoms with E-state index in [4.69, 9.17) is 5.73 Å². The molecule has 0 aliphatic carbocycles. The van der Waals surface area contributed by atoms with Crippen LogP contribution in [0.3, 0.4) is 0 Å². The van der Waals surface area contributed by atoms with Gasteiger partial charge in [0.05, 0.1) is 57.1 Å². The molecule has 1 aliphatic heterocycles. The summed E-state index contributed by atoms with van der Waals surface area (Å²) in [6.07, 6.45) is -6.11. The van der Waals surface area contributed by atoms with Crippen LogP contribution in [0, 0.1) is 11.8 Å². The number of phenolic OH excluding ortho intramolecular Hbond substituents is 2. The minimum Gasteiger partial charge on any atom is -0.508 e. The molecule has 16 atom stereocenters. The average molecular weight is 1870 g/mol. The number of benzene rings is 3. The normalized spacial score (nSPS) is 15.4. The van der Waals surface area contributed by atoms with E-state index in [1.165, 1.54) is 67.6 Å². The van der Waals surface area contributed by atoms with Crippen LogP contribution >= 0.6 is 11.8 Å². The van der Waals surface area contributed by atoms with Crippen LogP contribution in [-0.2, 0) is 110 Å². The number of unbranched alkanes of at least 4 members (excludes halogenated alkanes) is 2. The van der Waals surface area contributed by atoms with E-state index in [1.807, 2.05) is 0 Å². The van der Waals surface area contributed by atoms with Gasteiger partial charge in [0, 0.05) is 44.7 Å². The maximum Gasteiger partial charge on any atom is 0.305 e. The number of carbonyl (C=O) groups excluding carboxylic acids is 17. The number of nitrogens with two attached hydrogens (primary N) is 1. The Morgan fingerprint density at radius 1 is 0.405 bits per heavy atom. The molecule has 1 saturated heterocycles. The highest BCUT2D eigenvalue weighted by atomic mass is 32.2. The van der Waals surface area contributed by atoms with E-state index in [1.54, 1.807) is 45.9 Å². The molecule has 4 rings (SSSR count). The molecule has 26 N–H and O–H groups in total. The van der Waals surface area contributed by atoms with Gasteiger partial charge in [0.15, 0.2) is 0 Å². The number of nitrogens with one attached hydrogen (secondary N) is 15. The third-order valence-electron chi connectivity index (χ3n) is 20.4. The molecule has 47 heteroatoms. The van der Waals surface area contributed by atoms with Crippen LogP contribution in [0.2, 0.25) is 0 Å². The van der Waals surface area contributed by atoms with Crippen molar-refractivity contribution in [3.8, 4) is 11.5 Å². The van der Waals surface area contributed by atoms with Gasteiger partial charge in [-0.3, -0.25) is 101 Å². The Morgan fingerprint density at radius 2 is 0.809 bits per heavy atom. The number of rotatable bonds is 59. The monoisotopic (exact) mass is 1860 g/mol. The Kier molecular flexibility index (Phi) is 47.6. The number of carbonyl (C=O) groups is 20. The molecular formula is C84H121N17O29S. The first-order valence-electron chi connectivity index (χ1n) is 42.3. The number of aromatic hydroxyl groups is 2. The van der Waals surface area contributed by atoms with Crippen LogP contribution in [0.4, 0.5) is 4.79 Å². The summed E-state index contributed by atoms with van der Waals surface area (Å²) in [6, 6.07) is -4.47. The fourth-order valence-corrected chi connectivity index (χ4v) is 13.7. The molecule has 131 heavy (non-hydrogen) atoms. The average Bonchev–Trinajstić information content (AvgIpc) is 1.61. The Labute approximate surface area is 757 Å². The van der Waals surface area contributed by atoms with Gasteiger partial charge in [0.2, 0.25) is 94.5 Å². The summed E-state index contributed by atoms with van der Waals surface area (Å²) >= 11 is 0.850. The molecule has 0 unspecified atom stereocenters. The zero-order valence-electron chi connectivity index (χ0n) is 73.5. The van der Waals surface area contributed by atoms with Crippen molar-refractivity contribution in [2.45, 2.75) is 236 Å². The maximum atomic E-state index is 14.7. The maximum absolute atomic E-state index is 14.7. The second-order valence-corrected chi connectivity index (χ2v) is 32.7. The molecule has 0 aromatic heterocycles. The predicted molar refractivity (Wildman–Crippen MR) is 465 cm³/mol. The number of phenols is 2. The lowest BCUT2D eigenvalue weighted by Gasteiger charge is -2.30. The largest absolute Gasteiger partial charge is 0.508 e.